The van der Waals surface area contributed by atoms with E-state index >= 15 is 0 Å². The molecule has 24 heavy (non-hydrogen) atoms. The summed E-state index contributed by atoms with van der Waals surface area (Å²) in [6.45, 7) is 4.80. The highest BCUT2D eigenvalue weighted by Crippen LogP contribution is 2.27. The van der Waals surface area contributed by atoms with E-state index in [0.717, 1.165) is 12.0 Å². The van der Waals surface area contributed by atoms with Gasteiger partial charge in [-0.2, -0.15) is 0 Å². The lowest BCUT2D eigenvalue weighted by Gasteiger charge is -2.07. The van der Waals surface area contributed by atoms with Gasteiger partial charge in [0, 0.05) is 18.2 Å². The predicted octanol–water partition coefficient (Wildman–Crippen LogP) is 6.69. The monoisotopic (exact) mass is 337 g/mol. The van der Waals surface area contributed by atoms with Crippen molar-refractivity contribution in [3.8, 4) is 11.8 Å². The Morgan fingerprint density at radius 1 is 0.708 bits per heavy atom. The highest BCUT2D eigenvalue weighted by molar-refractivity contribution is 5.33. The summed E-state index contributed by atoms with van der Waals surface area (Å²) in [5.74, 6) is 0.391. The highest BCUT2D eigenvalue weighted by atomic mass is 16.3. The number of hydrogen-bond donors (Lipinski definition) is 2. The molecule has 0 aliphatic carbocycles. The molecule has 1 aromatic heterocycles. The summed E-state index contributed by atoms with van der Waals surface area (Å²) in [6.07, 6.45) is 18.8. The van der Waals surface area contributed by atoms with Gasteiger partial charge >= 0.3 is 0 Å². The smallest absolute Gasteiger partial charge is 0.196 e. The third kappa shape index (κ3) is 8.65. The summed E-state index contributed by atoms with van der Waals surface area (Å²) >= 11 is 0. The lowest BCUT2D eigenvalue weighted by Crippen LogP contribution is -1.96. The van der Waals surface area contributed by atoms with E-state index in [4.69, 9.17) is 0 Å². The number of hydrogen-bond acceptors (Lipinski definition) is 2. The summed E-state index contributed by atoms with van der Waals surface area (Å²) in [6, 6.07) is 1.62. The Morgan fingerprint density at radius 2 is 1.12 bits per heavy atom. The summed E-state index contributed by atoms with van der Waals surface area (Å²) in [4.78, 5) is 0. The van der Waals surface area contributed by atoms with Gasteiger partial charge in [0.05, 0.1) is 0 Å². The second-order valence-corrected chi connectivity index (χ2v) is 7.26. The molecule has 1 heterocycles. The minimum Gasteiger partial charge on any atom is -0.494 e. The molecule has 0 aromatic carbocycles. The van der Waals surface area contributed by atoms with Crippen LogP contribution in [0.25, 0.3) is 0 Å². The first kappa shape index (κ1) is 20.9. The molecule has 0 saturated heterocycles. The van der Waals surface area contributed by atoms with Crippen LogP contribution in [0.5, 0.6) is 11.8 Å². The Morgan fingerprint density at radius 3 is 1.50 bits per heavy atom. The molecule has 0 spiro atoms. The van der Waals surface area contributed by atoms with E-state index in [-0.39, 0.29) is 11.8 Å². The third-order valence-corrected chi connectivity index (χ3v) is 4.97. The van der Waals surface area contributed by atoms with Crippen LogP contribution in [0.2, 0.25) is 0 Å². The Hall–Kier alpha value is -1.12. The molecule has 0 unspecified atom stereocenters. The van der Waals surface area contributed by atoms with Crippen molar-refractivity contribution >= 4 is 0 Å². The number of unbranched alkanes of at least 4 members (excludes halogenated alkanes) is 13. The van der Waals surface area contributed by atoms with Gasteiger partial charge in [-0.3, -0.25) is 4.57 Å². The molecule has 1 rings (SSSR count). The molecular formula is C21H39NO2. The average molecular weight is 338 g/mol. The van der Waals surface area contributed by atoms with E-state index in [1.807, 2.05) is 6.92 Å². The summed E-state index contributed by atoms with van der Waals surface area (Å²) < 4.78 is 1.61. The maximum atomic E-state index is 9.83. The third-order valence-electron chi connectivity index (χ3n) is 4.97. The van der Waals surface area contributed by atoms with Gasteiger partial charge in [-0.25, -0.2) is 0 Å². The fraction of sp³-hybridized carbons (Fsp3) is 0.810. The normalized spacial score (nSPS) is 11.2. The van der Waals surface area contributed by atoms with Crippen LogP contribution >= 0.6 is 0 Å². The molecule has 1 aromatic rings. The molecule has 0 amide bonds. The van der Waals surface area contributed by atoms with Crippen molar-refractivity contribution in [2.24, 2.45) is 0 Å². The van der Waals surface area contributed by atoms with Gasteiger partial charge in [-0.1, -0.05) is 90.4 Å². The second kappa shape index (κ2) is 13.2. The van der Waals surface area contributed by atoms with Crippen molar-refractivity contribution in [2.45, 2.75) is 110 Å². The van der Waals surface area contributed by atoms with E-state index in [1.165, 1.54) is 83.5 Å². The van der Waals surface area contributed by atoms with E-state index in [2.05, 4.69) is 6.92 Å². The van der Waals surface area contributed by atoms with Crippen LogP contribution in [0.3, 0.4) is 0 Å². The van der Waals surface area contributed by atoms with E-state index < -0.39 is 0 Å². The highest BCUT2D eigenvalue weighted by Gasteiger charge is 2.09. The Bertz CT molecular complexity index is 426. The number of rotatable bonds is 15. The Balaban J connectivity index is 1.86. The van der Waals surface area contributed by atoms with Gasteiger partial charge in [-0.15, -0.1) is 0 Å². The van der Waals surface area contributed by atoms with Crippen molar-refractivity contribution in [1.82, 2.24) is 4.57 Å². The molecule has 0 aliphatic heterocycles. The summed E-state index contributed by atoms with van der Waals surface area (Å²) in [5.41, 5.74) is 0.748. The van der Waals surface area contributed by atoms with Crippen molar-refractivity contribution in [3.63, 3.8) is 0 Å². The van der Waals surface area contributed by atoms with Crippen LogP contribution in [0, 0.1) is 6.92 Å². The molecule has 0 radical (unpaired) electrons. The SMILES string of the molecule is CCCCCCCCCCCCCCCCn1c(O)cc(C)c1O. The minimum absolute atomic E-state index is 0.180. The topological polar surface area (TPSA) is 45.4 Å². The maximum Gasteiger partial charge on any atom is 0.196 e. The summed E-state index contributed by atoms with van der Waals surface area (Å²) in [7, 11) is 0. The molecule has 0 saturated carbocycles. The molecule has 0 aliphatic rings. The molecule has 3 heteroatoms. The molecule has 0 fully saturated rings. The van der Waals surface area contributed by atoms with Gasteiger partial charge in [0.25, 0.3) is 0 Å². The summed E-state index contributed by atoms with van der Waals surface area (Å²) in [5, 5.41) is 19.5. The minimum atomic E-state index is 0.180. The zero-order valence-corrected chi connectivity index (χ0v) is 16.0. The van der Waals surface area contributed by atoms with Crippen LogP contribution in [-0.2, 0) is 6.54 Å². The van der Waals surface area contributed by atoms with Crippen molar-refractivity contribution < 1.29 is 10.2 Å². The first-order valence-electron chi connectivity index (χ1n) is 10.2. The van der Waals surface area contributed by atoms with Gasteiger partial charge in [0.2, 0.25) is 0 Å². The lowest BCUT2D eigenvalue weighted by atomic mass is 10.0. The van der Waals surface area contributed by atoms with Gasteiger partial charge in [0.15, 0.2) is 11.8 Å². The standard InChI is InChI=1S/C21H39NO2/c1-3-4-5-6-7-8-9-10-11-12-13-14-15-16-17-22-20(23)18-19(2)21(22)24/h18,23-24H,3-17H2,1-2H3. The van der Waals surface area contributed by atoms with Crippen LogP contribution in [0.1, 0.15) is 102 Å². The largest absolute Gasteiger partial charge is 0.494 e. The zero-order valence-electron chi connectivity index (χ0n) is 16.0. The Labute approximate surface area is 149 Å². The molecule has 3 nitrogen and oxygen atoms in total. The fourth-order valence-electron chi connectivity index (χ4n) is 3.34. The van der Waals surface area contributed by atoms with Gasteiger partial charge < -0.3 is 10.2 Å². The average Bonchev–Trinajstić information content (AvgIpc) is 2.81. The van der Waals surface area contributed by atoms with E-state index in [1.54, 1.807) is 10.6 Å². The van der Waals surface area contributed by atoms with E-state index in [0.29, 0.717) is 6.54 Å². The quantitative estimate of drug-likeness (QED) is 0.350. The maximum absolute atomic E-state index is 9.83. The van der Waals surface area contributed by atoms with Crippen LogP contribution in [0.15, 0.2) is 6.07 Å². The molecule has 0 bridgehead atoms. The lowest BCUT2D eigenvalue weighted by molar-refractivity contribution is 0.360. The number of aromatic hydroxyl groups is 2. The first-order valence-corrected chi connectivity index (χ1v) is 10.2. The fourth-order valence-corrected chi connectivity index (χ4v) is 3.34. The van der Waals surface area contributed by atoms with Crippen molar-refractivity contribution in [3.05, 3.63) is 11.6 Å². The van der Waals surface area contributed by atoms with Crippen LogP contribution < -0.4 is 0 Å². The number of nitrogens with zero attached hydrogens (tertiary/aromatic N) is 1. The van der Waals surface area contributed by atoms with Crippen molar-refractivity contribution in [1.29, 1.82) is 0 Å². The van der Waals surface area contributed by atoms with E-state index in [9.17, 15) is 10.2 Å². The van der Waals surface area contributed by atoms with Gasteiger partial charge in [0.1, 0.15) is 0 Å². The zero-order chi connectivity index (χ0) is 17.6. The van der Waals surface area contributed by atoms with Crippen LogP contribution in [-0.4, -0.2) is 14.8 Å². The molecular weight excluding hydrogens is 298 g/mol. The van der Waals surface area contributed by atoms with Gasteiger partial charge in [-0.05, 0) is 13.3 Å². The number of aryl methyl sites for hydroxylation is 1. The van der Waals surface area contributed by atoms with Crippen molar-refractivity contribution in [2.75, 3.05) is 0 Å². The predicted molar refractivity (Wildman–Crippen MR) is 103 cm³/mol. The van der Waals surface area contributed by atoms with Crippen LogP contribution in [0.4, 0.5) is 0 Å². The molecule has 0 atom stereocenters. The molecule has 2 N–H and O–H groups in total. The molecule has 140 valence electrons. The first-order chi connectivity index (χ1) is 11.7. The second-order valence-electron chi connectivity index (χ2n) is 7.26. The number of aromatic nitrogens is 1. The Kier molecular flexibility index (Phi) is 11.5.